The maximum atomic E-state index is 12.3. The molecule has 1 heterocycles. The fraction of sp³-hybridized carbons (Fsp3) is 0.200. The Hall–Kier alpha value is -1.98. The summed E-state index contributed by atoms with van der Waals surface area (Å²) in [4.78, 5) is 18.0. The maximum Gasteiger partial charge on any atom is 0.185 e. The number of nitrogens with zero attached hydrogens (tertiary/aromatic N) is 1. The normalized spacial score (nSPS) is 14.4. The van der Waals surface area contributed by atoms with Crippen LogP contribution in [0.1, 0.15) is 22.3 Å². The Morgan fingerprint density at radius 2 is 1.92 bits per heavy atom. The van der Waals surface area contributed by atoms with Gasteiger partial charge in [0.2, 0.25) is 0 Å². The quantitative estimate of drug-likeness (QED) is 0.447. The predicted octanol–water partition coefficient (Wildman–Crippen LogP) is 5.21. The minimum atomic E-state index is 0.00451. The summed E-state index contributed by atoms with van der Waals surface area (Å²) >= 11 is 3.44. The maximum absolute atomic E-state index is 12.3. The molecule has 0 aromatic heterocycles. The number of nitrogens with one attached hydrogen (secondary N) is 1. The lowest BCUT2D eigenvalue weighted by atomic mass is 10.1. The number of allylic oxidation sites excluding steroid dienone is 1. The first-order valence-corrected chi connectivity index (χ1v) is 10.4. The zero-order valence-electron chi connectivity index (χ0n) is 14.1. The molecule has 0 aliphatic carbocycles. The molecule has 3 rings (SSSR count). The third-order valence-electron chi connectivity index (χ3n) is 3.76. The molecule has 1 aliphatic heterocycles. The number of hydrogen-bond donors (Lipinski definition) is 1. The standard InChI is InChI=1S/C20H20N2OS2/c1-24-18-10-3-15(4-11-18)5-12-19(23)16-6-8-17(9-7-16)22-20-21-13-2-14-25-20/h3-12H,2,13-14H2,1H3,(H,21,22)/b12-5+. The summed E-state index contributed by atoms with van der Waals surface area (Å²) in [6.45, 7) is 0.884. The average Bonchev–Trinajstić information content (AvgIpc) is 2.68. The first kappa shape index (κ1) is 17.8. The van der Waals surface area contributed by atoms with Gasteiger partial charge in [0.05, 0.1) is 0 Å². The van der Waals surface area contributed by atoms with Gasteiger partial charge in [-0.3, -0.25) is 9.79 Å². The number of hydrogen-bond acceptors (Lipinski definition) is 5. The summed E-state index contributed by atoms with van der Waals surface area (Å²) in [5, 5.41) is 4.25. The smallest absolute Gasteiger partial charge is 0.185 e. The summed E-state index contributed by atoms with van der Waals surface area (Å²) in [7, 11) is 0. The highest BCUT2D eigenvalue weighted by Gasteiger charge is 2.07. The number of benzene rings is 2. The molecule has 1 N–H and O–H groups in total. The zero-order chi connectivity index (χ0) is 17.5. The summed E-state index contributed by atoms with van der Waals surface area (Å²) in [5.41, 5.74) is 2.67. The molecule has 2 aromatic rings. The highest BCUT2D eigenvalue weighted by atomic mass is 32.2. The first-order valence-electron chi connectivity index (χ1n) is 8.15. The van der Waals surface area contributed by atoms with E-state index in [2.05, 4.69) is 22.4 Å². The van der Waals surface area contributed by atoms with Crippen molar-refractivity contribution >= 4 is 46.2 Å². The second kappa shape index (κ2) is 8.92. The SMILES string of the molecule is CSc1ccc(/C=C/C(=O)c2ccc(NC3=NCCCS3)cc2)cc1. The Kier molecular flexibility index (Phi) is 6.36. The third-order valence-corrected chi connectivity index (χ3v) is 5.50. The zero-order valence-corrected chi connectivity index (χ0v) is 15.7. The second-order valence-corrected chi connectivity index (χ2v) is 7.53. The lowest BCUT2D eigenvalue weighted by molar-refractivity contribution is 0.104. The van der Waals surface area contributed by atoms with Crippen LogP contribution in [-0.4, -0.2) is 29.5 Å². The third kappa shape index (κ3) is 5.25. The van der Waals surface area contributed by atoms with Gasteiger partial charge in [0, 0.05) is 28.4 Å². The molecular formula is C20H20N2OS2. The van der Waals surface area contributed by atoms with Crippen molar-refractivity contribution in [3.63, 3.8) is 0 Å². The lowest BCUT2D eigenvalue weighted by Gasteiger charge is -2.13. The van der Waals surface area contributed by atoms with Gasteiger partial charge >= 0.3 is 0 Å². The molecule has 0 fully saturated rings. The van der Waals surface area contributed by atoms with Crippen LogP contribution < -0.4 is 5.32 Å². The fourth-order valence-electron chi connectivity index (χ4n) is 2.36. The van der Waals surface area contributed by atoms with Crippen LogP contribution in [-0.2, 0) is 0 Å². The van der Waals surface area contributed by atoms with Crippen LogP contribution in [0.5, 0.6) is 0 Å². The van der Waals surface area contributed by atoms with Crippen molar-refractivity contribution in [1.29, 1.82) is 0 Å². The minimum absolute atomic E-state index is 0.00451. The number of anilines is 1. The van der Waals surface area contributed by atoms with E-state index in [0.717, 1.165) is 35.1 Å². The second-order valence-electron chi connectivity index (χ2n) is 5.56. The van der Waals surface area contributed by atoms with Gasteiger partial charge in [0.1, 0.15) is 0 Å². The number of carbonyl (C=O) groups excluding carboxylic acids is 1. The van der Waals surface area contributed by atoms with Crippen molar-refractivity contribution in [2.24, 2.45) is 4.99 Å². The first-order chi connectivity index (χ1) is 12.2. The molecule has 0 bridgehead atoms. The van der Waals surface area contributed by atoms with Gasteiger partial charge in [-0.2, -0.15) is 0 Å². The Morgan fingerprint density at radius 3 is 2.56 bits per heavy atom. The van der Waals surface area contributed by atoms with Gasteiger partial charge in [-0.1, -0.05) is 30.0 Å². The van der Waals surface area contributed by atoms with Crippen molar-refractivity contribution in [3.05, 3.63) is 65.7 Å². The average molecular weight is 369 g/mol. The van der Waals surface area contributed by atoms with E-state index in [1.54, 1.807) is 29.6 Å². The van der Waals surface area contributed by atoms with E-state index in [1.807, 2.05) is 48.7 Å². The van der Waals surface area contributed by atoms with E-state index < -0.39 is 0 Å². The van der Waals surface area contributed by atoms with Gasteiger partial charge in [-0.05, 0) is 60.7 Å². The van der Waals surface area contributed by atoms with Crippen LogP contribution in [0.3, 0.4) is 0 Å². The Bertz CT molecular complexity index is 780. The van der Waals surface area contributed by atoms with E-state index in [0.29, 0.717) is 5.56 Å². The molecule has 2 aromatic carbocycles. The summed E-state index contributed by atoms with van der Waals surface area (Å²) in [5.74, 6) is 1.11. The van der Waals surface area contributed by atoms with E-state index in [4.69, 9.17) is 0 Å². The van der Waals surface area contributed by atoms with Crippen molar-refractivity contribution in [2.75, 3.05) is 23.9 Å². The number of amidine groups is 1. The molecule has 128 valence electrons. The molecule has 0 amide bonds. The van der Waals surface area contributed by atoms with Crippen molar-refractivity contribution in [3.8, 4) is 0 Å². The summed E-state index contributed by atoms with van der Waals surface area (Å²) in [6, 6.07) is 15.7. The van der Waals surface area contributed by atoms with Crippen LogP contribution in [0, 0.1) is 0 Å². The van der Waals surface area contributed by atoms with Crippen molar-refractivity contribution in [2.45, 2.75) is 11.3 Å². The van der Waals surface area contributed by atoms with E-state index >= 15 is 0 Å². The van der Waals surface area contributed by atoms with Gasteiger partial charge in [-0.15, -0.1) is 11.8 Å². The molecule has 0 saturated heterocycles. The minimum Gasteiger partial charge on any atom is -0.335 e. The molecular weight excluding hydrogens is 348 g/mol. The lowest BCUT2D eigenvalue weighted by Crippen LogP contribution is -2.13. The largest absolute Gasteiger partial charge is 0.335 e. The number of rotatable bonds is 5. The van der Waals surface area contributed by atoms with Gasteiger partial charge < -0.3 is 5.32 Å². The van der Waals surface area contributed by atoms with Crippen molar-refractivity contribution < 1.29 is 4.79 Å². The Labute approximate surface area is 157 Å². The molecule has 5 heteroatoms. The van der Waals surface area contributed by atoms with Crippen LogP contribution in [0.4, 0.5) is 5.69 Å². The van der Waals surface area contributed by atoms with Crippen LogP contribution in [0.25, 0.3) is 6.08 Å². The van der Waals surface area contributed by atoms with Crippen LogP contribution in [0.2, 0.25) is 0 Å². The van der Waals surface area contributed by atoms with Crippen molar-refractivity contribution in [1.82, 2.24) is 0 Å². The van der Waals surface area contributed by atoms with Gasteiger partial charge in [0.25, 0.3) is 0 Å². The monoisotopic (exact) mass is 368 g/mol. The molecule has 3 nitrogen and oxygen atoms in total. The molecule has 0 saturated carbocycles. The molecule has 0 unspecified atom stereocenters. The number of thioether (sulfide) groups is 2. The Morgan fingerprint density at radius 1 is 1.16 bits per heavy atom. The van der Waals surface area contributed by atoms with Crippen LogP contribution >= 0.6 is 23.5 Å². The van der Waals surface area contributed by atoms with Gasteiger partial charge in [-0.25, -0.2) is 0 Å². The number of ketones is 1. The number of aliphatic imine (C=N–C) groups is 1. The predicted molar refractivity (Wildman–Crippen MR) is 111 cm³/mol. The summed E-state index contributed by atoms with van der Waals surface area (Å²) in [6.07, 6.45) is 6.66. The Balaban J connectivity index is 1.61. The molecule has 25 heavy (non-hydrogen) atoms. The van der Waals surface area contributed by atoms with E-state index in [-0.39, 0.29) is 5.78 Å². The topological polar surface area (TPSA) is 41.5 Å². The molecule has 1 aliphatic rings. The fourth-order valence-corrected chi connectivity index (χ4v) is 3.61. The van der Waals surface area contributed by atoms with Crippen LogP contribution in [0.15, 0.2) is 64.5 Å². The summed E-state index contributed by atoms with van der Waals surface area (Å²) < 4.78 is 0. The highest BCUT2D eigenvalue weighted by molar-refractivity contribution is 8.14. The van der Waals surface area contributed by atoms with E-state index in [1.165, 1.54) is 4.90 Å². The molecule has 0 radical (unpaired) electrons. The van der Waals surface area contributed by atoms with E-state index in [9.17, 15) is 4.79 Å². The highest BCUT2D eigenvalue weighted by Crippen LogP contribution is 2.18. The van der Waals surface area contributed by atoms with Gasteiger partial charge in [0.15, 0.2) is 11.0 Å². The molecule has 0 atom stereocenters. The number of carbonyl (C=O) groups is 1. The molecule has 0 spiro atoms.